The number of aryl methyl sites for hydroxylation is 1. The molecule has 0 bridgehead atoms. The van der Waals surface area contributed by atoms with Crippen molar-refractivity contribution in [1.29, 1.82) is 0 Å². The smallest absolute Gasteiger partial charge is 0.318 e. The van der Waals surface area contributed by atoms with E-state index in [1.165, 1.54) is 5.56 Å². The lowest BCUT2D eigenvalue weighted by molar-refractivity contribution is 0.0945. The van der Waals surface area contributed by atoms with Gasteiger partial charge in [0.1, 0.15) is 11.4 Å². The Morgan fingerprint density at radius 2 is 1.92 bits per heavy atom. The summed E-state index contributed by atoms with van der Waals surface area (Å²) in [6.07, 6.45) is 8.41. The minimum absolute atomic E-state index is 0.0816. The van der Waals surface area contributed by atoms with Crippen molar-refractivity contribution in [3.05, 3.63) is 88.2 Å². The summed E-state index contributed by atoms with van der Waals surface area (Å²) in [6.45, 7) is 7.39. The maximum Gasteiger partial charge on any atom is 0.318 e. The second-order valence-electron chi connectivity index (χ2n) is 11.2. The number of allylic oxidation sites excluding steroid dienone is 1. The molecule has 5 rings (SSSR count). The summed E-state index contributed by atoms with van der Waals surface area (Å²) < 4.78 is 5.47. The van der Waals surface area contributed by atoms with Gasteiger partial charge in [0.05, 0.1) is 7.11 Å². The van der Waals surface area contributed by atoms with E-state index in [4.69, 9.17) is 4.74 Å². The number of methoxy groups -OCH3 is 1. The van der Waals surface area contributed by atoms with Crippen LogP contribution >= 0.6 is 0 Å². The van der Waals surface area contributed by atoms with Crippen LogP contribution in [0, 0.1) is 0 Å². The zero-order valence-electron chi connectivity index (χ0n) is 23.1. The van der Waals surface area contributed by atoms with E-state index >= 15 is 0 Å². The third kappa shape index (κ3) is 5.82. The van der Waals surface area contributed by atoms with E-state index in [0.717, 1.165) is 58.4 Å². The monoisotopic (exact) mass is 524 g/mol. The summed E-state index contributed by atoms with van der Waals surface area (Å²) in [6, 6.07) is 14.1. The maximum atomic E-state index is 13.3. The summed E-state index contributed by atoms with van der Waals surface area (Å²) in [7, 11) is 1.67. The molecule has 202 valence electrons. The van der Waals surface area contributed by atoms with Crippen LogP contribution in [-0.4, -0.2) is 41.0 Å². The Morgan fingerprint density at radius 1 is 1.08 bits per heavy atom. The molecule has 0 saturated heterocycles. The molecule has 7 heteroatoms. The van der Waals surface area contributed by atoms with Crippen molar-refractivity contribution in [2.45, 2.75) is 58.7 Å². The fourth-order valence-corrected chi connectivity index (χ4v) is 5.34. The molecule has 2 N–H and O–H groups in total. The molecule has 0 saturated carbocycles. The highest BCUT2D eigenvalue weighted by molar-refractivity contribution is 5.96. The van der Waals surface area contributed by atoms with E-state index < -0.39 is 0 Å². The summed E-state index contributed by atoms with van der Waals surface area (Å²) in [5, 5.41) is 6.19. The van der Waals surface area contributed by atoms with Crippen molar-refractivity contribution in [3.63, 3.8) is 0 Å². The minimum Gasteiger partial charge on any atom is -0.497 e. The van der Waals surface area contributed by atoms with Crippen molar-refractivity contribution in [1.82, 2.24) is 20.5 Å². The molecule has 2 aromatic carbocycles. The van der Waals surface area contributed by atoms with E-state index in [-0.39, 0.29) is 17.5 Å². The number of nitrogens with zero attached hydrogens (tertiary/aromatic N) is 2. The third-order valence-corrected chi connectivity index (χ3v) is 7.26. The first-order valence-corrected chi connectivity index (χ1v) is 13.5. The van der Waals surface area contributed by atoms with Crippen LogP contribution in [0.3, 0.4) is 0 Å². The Kier molecular flexibility index (Phi) is 7.42. The van der Waals surface area contributed by atoms with Gasteiger partial charge in [0.2, 0.25) is 0 Å². The number of aromatic nitrogens is 1. The first kappa shape index (κ1) is 26.5. The van der Waals surface area contributed by atoms with Crippen LogP contribution < -0.4 is 15.4 Å². The number of amides is 3. The molecule has 3 aromatic rings. The molecule has 0 unspecified atom stereocenters. The number of rotatable bonds is 5. The van der Waals surface area contributed by atoms with E-state index in [2.05, 4.69) is 39.9 Å². The number of nitrogens with one attached hydrogen (secondary N) is 2. The van der Waals surface area contributed by atoms with Crippen LogP contribution in [-0.2, 0) is 25.9 Å². The van der Waals surface area contributed by atoms with Gasteiger partial charge in [-0.05, 0) is 91.6 Å². The van der Waals surface area contributed by atoms with Crippen molar-refractivity contribution in [2.24, 2.45) is 0 Å². The fraction of sp³-hybridized carbons (Fsp3) is 0.344. The topological polar surface area (TPSA) is 83.6 Å². The van der Waals surface area contributed by atoms with Gasteiger partial charge in [0, 0.05) is 36.9 Å². The van der Waals surface area contributed by atoms with Gasteiger partial charge < -0.3 is 20.3 Å². The highest BCUT2D eigenvalue weighted by Crippen LogP contribution is 2.34. The zero-order valence-corrected chi connectivity index (χ0v) is 23.1. The van der Waals surface area contributed by atoms with Gasteiger partial charge in [-0.3, -0.25) is 9.78 Å². The molecule has 0 atom stereocenters. The Balaban J connectivity index is 1.46. The third-order valence-electron chi connectivity index (χ3n) is 7.26. The molecule has 0 radical (unpaired) electrons. The molecule has 39 heavy (non-hydrogen) atoms. The zero-order chi connectivity index (χ0) is 27.6. The van der Waals surface area contributed by atoms with Gasteiger partial charge >= 0.3 is 6.03 Å². The van der Waals surface area contributed by atoms with Gasteiger partial charge in [0.15, 0.2) is 0 Å². The molecule has 2 aliphatic rings. The van der Waals surface area contributed by atoms with Crippen molar-refractivity contribution in [3.8, 4) is 16.9 Å². The average Bonchev–Trinajstić information content (AvgIpc) is 2.94. The summed E-state index contributed by atoms with van der Waals surface area (Å²) in [4.78, 5) is 32.6. The number of carbonyl (C=O) groups excluding carboxylic acids is 2. The molecule has 0 fully saturated rings. The number of urea groups is 1. The lowest BCUT2D eigenvalue weighted by Gasteiger charge is -2.34. The number of ether oxygens (including phenoxy) is 1. The van der Waals surface area contributed by atoms with Gasteiger partial charge in [-0.25, -0.2) is 4.79 Å². The number of hydrogen-bond donors (Lipinski definition) is 2. The predicted octanol–water partition coefficient (Wildman–Crippen LogP) is 5.51. The Morgan fingerprint density at radius 3 is 2.72 bits per heavy atom. The SMILES string of the molecule is COc1cccc(-c2ccc(CNC(=O)c3nccc4c3C=CCC4)c3c2CCN(C(=O)NC(C)(C)C)C3)c1. The molecule has 7 nitrogen and oxygen atoms in total. The average molecular weight is 525 g/mol. The van der Waals surface area contributed by atoms with E-state index in [1.807, 2.05) is 56.0 Å². The van der Waals surface area contributed by atoms with E-state index in [9.17, 15) is 9.59 Å². The fourth-order valence-electron chi connectivity index (χ4n) is 5.34. The number of benzene rings is 2. The normalized spacial score (nSPS) is 14.3. The van der Waals surface area contributed by atoms with Crippen LogP contribution in [0.5, 0.6) is 5.75 Å². The lowest BCUT2D eigenvalue weighted by Crippen LogP contribution is -2.50. The Labute approximate surface area is 230 Å². The first-order chi connectivity index (χ1) is 18.7. The van der Waals surface area contributed by atoms with E-state index in [0.29, 0.717) is 25.3 Å². The van der Waals surface area contributed by atoms with Crippen molar-refractivity contribution < 1.29 is 14.3 Å². The largest absolute Gasteiger partial charge is 0.497 e. The Bertz CT molecular complexity index is 1440. The number of hydrogen-bond acceptors (Lipinski definition) is 4. The standard InChI is InChI=1S/C32H36N4O3/c1-32(2,3)35-31(38)36-17-15-27-25(22-9-7-10-24(18-22)39-4)13-12-23(28(27)20-36)19-34-30(37)29-26-11-6-5-8-21(26)14-16-33-29/h6-7,9-14,16,18H,5,8,15,17,19-20H2,1-4H3,(H,34,37)(H,35,38). The molecule has 1 aliphatic heterocycles. The van der Waals surface area contributed by atoms with Gasteiger partial charge in [-0.15, -0.1) is 0 Å². The lowest BCUT2D eigenvalue weighted by atomic mass is 9.87. The summed E-state index contributed by atoms with van der Waals surface area (Å²) in [5.41, 5.74) is 7.66. The number of carbonyl (C=O) groups is 2. The van der Waals surface area contributed by atoms with E-state index in [1.54, 1.807) is 13.3 Å². The second-order valence-corrected chi connectivity index (χ2v) is 11.2. The molecule has 0 spiro atoms. The first-order valence-electron chi connectivity index (χ1n) is 13.5. The Hall–Kier alpha value is -4.13. The highest BCUT2D eigenvalue weighted by atomic mass is 16.5. The molecular weight excluding hydrogens is 488 g/mol. The minimum atomic E-state index is -0.327. The van der Waals surface area contributed by atoms with Crippen LogP contribution in [0.25, 0.3) is 17.2 Å². The predicted molar refractivity (Wildman–Crippen MR) is 154 cm³/mol. The quantitative estimate of drug-likeness (QED) is 0.461. The highest BCUT2D eigenvalue weighted by Gasteiger charge is 2.27. The van der Waals surface area contributed by atoms with Crippen LogP contribution in [0.1, 0.15) is 65.5 Å². The molecule has 2 heterocycles. The van der Waals surface area contributed by atoms with Crippen molar-refractivity contribution in [2.75, 3.05) is 13.7 Å². The maximum absolute atomic E-state index is 13.3. The number of pyridine rings is 1. The summed E-state index contributed by atoms with van der Waals surface area (Å²) >= 11 is 0. The molecular formula is C32H36N4O3. The van der Waals surface area contributed by atoms with Crippen LogP contribution in [0.2, 0.25) is 0 Å². The van der Waals surface area contributed by atoms with Gasteiger partial charge in [0.25, 0.3) is 5.91 Å². The summed E-state index contributed by atoms with van der Waals surface area (Å²) in [5.74, 6) is 0.606. The molecule has 1 aromatic heterocycles. The molecule has 3 amide bonds. The van der Waals surface area contributed by atoms with Crippen molar-refractivity contribution >= 4 is 18.0 Å². The molecule has 1 aliphatic carbocycles. The van der Waals surface area contributed by atoms with Crippen LogP contribution in [0.15, 0.2) is 54.7 Å². The van der Waals surface area contributed by atoms with Crippen LogP contribution in [0.4, 0.5) is 4.79 Å². The number of fused-ring (bicyclic) bond motifs is 2. The van der Waals surface area contributed by atoms with Gasteiger partial charge in [-0.1, -0.05) is 36.4 Å². The van der Waals surface area contributed by atoms with Gasteiger partial charge in [-0.2, -0.15) is 0 Å². The second kappa shape index (κ2) is 10.9.